The molecule has 3 heterocycles. The highest BCUT2D eigenvalue weighted by molar-refractivity contribution is 6.07. The predicted molar refractivity (Wildman–Crippen MR) is 120 cm³/mol. The lowest BCUT2D eigenvalue weighted by atomic mass is 10.0. The van der Waals surface area contributed by atoms with E-state index >= 15 is 0 Å². The molecule has 0 bridgehead atoms. The summed E-state index contributed by atoms with van der Waals surface area (Å²) in [6, 6.07) is 15.6. The lowest BCUT2D eigenvalue weighted by Gasteiger charge is -2.13. The topological polar surface area (TPSA) is 69.0 Å². The fraction of sp³-hybridized carbons (Fsp3) is 0.240. The largest absolute Gasteiger partial charge is 0.376 e. The van der Waals surface area contributed by atoms with Gasteiger partial charge in [0.1, 0.15) is 5.82 Å². The molecule has 0 radical (unpaired) electrons. The Balaban J connectivity index is 1.52. The highest BCUT2D eigenvalue weighted by atomic mass is 19.1. The van der Waals surface area contributed by atoms with Crippen molar-refractivity contribution < 1.29 is 13.9 Å². The van der Waals surface area contributed by atoms with Crippen molar-refractivity contribution in [1.82, 2.24) is 20.1 Å². The quantitative estimate of drug-likeness (QED) is 0.508. The van der Waals surface area contributed by atoms with Crippen LogP contribution in [0, 0.1) is 12.7 Å². The Bertz CT molecular complexity index is 1280. The highest BCUT2D eigenvalue weighted by Crippen LogP contribution is 2.28. The molecule has 1 saturated heterocycles. The first-order valence-electron chi connectivity index (χ1n) is 10.7. The summed E-state index contributed by atoms with van der Waals surface area (Å²) in [5, 5.41) is 8.28. The number of nitrogens with one attached hydrogen (secondary N) is 1. The highest BCUT2D eigenvalue weighted by Gasteiger charge is 2.20. The number of pyridine rings is 1. The third-order valence-electron chi connectivity index (χ3n) is 5.83. The average molecular weight is 430 g/mol. The zero-order valence-electron chi connectivity index (χ0n) is 17.7. The SMILES string of the molecule is Cc1c(-c2cc(C(=O)NCC3CCCO3)c3ccccc3n2)cnn1-c1ccc(F)cc1. The van der Waals surface area contributed by atoms with Gasteiger partial charge in [0.25, 0.3) is 5.91 Å². The van der Waals surface area contributed by atoms with Crippen LogP contribution in [0.1, 0.15) is 28.9 Å². The van der Waals surface area contributed by atoms with Crippen molar-refractivity contribution in [3.63, 3.8) is 0 Å². The van der Waals surface area contributed by atoms with Crippen LogP contribution in [0.15, 0.2) is 60.8 Å². The maximum atomic E-state index is 13.3. The summed E-state index contributed by atoms with van der Waals surface area (Å²) in [6.07, 6.45) is 3.79. The summed E-state index contributed by atoms with van der Waals surface area (Å²) in [7, 11) is 0. The van der Waals surface area contributed by atoms with Crippen LogP contribution >= 0.6 is 0 Å². The molecule has 1 aliphatic rings. The molecule has 0 spiro atoms. The van der Waals surface area contributed by atoms with E-state index in [0.29, 0.717) is 17.8 Å². The predicted octanol–water partition coefficient (Wildman–Crippen LogP) is 4.44. The molecule has 2 aromatic heterocycles. The molecule has 5 rings (SSSR count). The summed E-state index contributed by atoms with van der Waals surface area (Å²) in [5.41, 5.74) is 4.39. The van der Waals surface area contributed by atoms with Crippen LogP contribution in [-0.2, 0) is 4.74 Å². The van der Waals surface area contributed by atoms with E-state index in [1.807, 2.05) is 37.3 Å². The molecule has 1 N–H and O–H groups in total. The van der Waals surface area contributed by atoms with Crippen molar-refractivity contribution in [2.24, 2.45) is 0 Å². The van der Waals surface area contributed by atoms with Gasteiger partial charge < -0.3 is 10.1 Å². The Hall–Kier alpha value is -3.58. The number of hydrogen-bond donors (Lipinski definition) is 1. The third kappa shape index (κ3) is 3.87. The molecular weight excluding hydrogens is 407 g/mol. The maximum absolute atomic E-state index is 13.3. The van der Waals surface area contributed by atoms with Crippen molar-refractivity contribution in [2.75, 3.05) is 13.2 Å². The minimum absolute atomic E-state index is 0.0720. The van der Waals surface area contributed by atoms with E-state index in [9.17, 15) is 9.18 Å². The normalized spacial score (nSPS) is 15.9. The number of fused-ring (bicyclic) bond motifs is 1. The molecule has 0 saturated carbocycles. The van der Waals surface area contributed by atoms with E-state index in [2.05, 4.69) is 10.4 Å². The number of amides is 1. The summed E-state index contributed by atoms with van der Waals surface area (Å²) < 4.78 is 20.7. The van der Waals surface area contributed by atoms with Gasteiger partial charge in [-0.1, -0.05) is 18.2 Å². The number of nitrogens with zero attached hydrogens (tertiary/aromatic N) is 3. The van der Waals surface area contributed by atoms with Gasteiger partial charge in [-0.05, 0) is 56.2 Å². The third-order valence-corrected chi connectivity index (χ3v) is 5.83. The molecule has 162 valence electrons. The van der Waals surface area contributed by atoms with Gasteiger partial charge in [0.15, 0.2) is 0 Å². The Labute approximate surface area is 185 Å². The van der Waals surface area contributed by atoms with Crippen molar-refractivity contribution in [2.45, 2.75) is 25.9 Å². The van der Waals surface area contributed by atoms with Crippen molar-refractivity contribution in [1.29, 1.82) is 0 Å². The lowest BCUT2D eigenvalue weighted by molar-refractivity contribution is 0.0859. The Morgan fingerprint density at radius 1 is 1.22 bits per heavy atom. The maximum Gasteiger partial charge on any atom is 0.252 e. The number of halogens is 1. The number of carbonyl (C=O) groups excluding carboxylic acids is 1. The van der Waals surface area contributed by atoms with E-state index in [1.165, 1.54) is 12.1 Å². The minimum atomic E-state index is -0.298. The number of benzene rings is 2. The Morgan fingerprint density at radius 3 is 2.81 bits per heavy atom. The van der Waals surface area contributed by atoms with Gasteiger partial charge in [-0.3, -0.25) is 4.79 Å². The van der Waals surface area contributed by atoms with Crippen LogP contribution in [0.3, 0.4) is 0 Å². The van der Waals surface area contributed by atoms with Crippen molar-refractivity contribution in [3.8, 4) is 16.9 Å². The smallest absolute Gasteiger partial charge is 0.252 e. The second-order valence-corrected chi connectivity index (χ2v) is 7.95. The molecule has 1 fully saturated rings. The van der Waals surface area contributed by atoms with Crippen LogP contribution in [0.2, 0.25) is 0 Å². The van der Waals surface area contributed by atoms with E-state index in [1.54, 1.807) is 23.0 Å². The molecule has 1 unspecified atom stereocenters. The Kier molecular flexibility index (Phi) is 5.41. The second kappa shape index (κ2) is 8.51. The molecule has 32 heavy (non-hydrogen) atoms. The zero-order valence-corrected chi connectivity index (χ0v) is 17.7. The van der Waals surface area contributed by atoms with E-state index < -0.39 is 0 Å². The van der Waals surface area contributed by atoms with Crippen LogP contribution < -0.4 is 5.32 Å². The molecule has 7 heteroatoms. The van der Waals surface area contributed by atoms with E-state index in [4.69, 9.17) is 9.72 Å². The molecule has 2 aromatic carbocycles. The molecule has 1 atom stereocenters. The summed E-state index contributed by atoms with van der Waals surface area (Å²) in [4.78, 5) is 17.9. The van der Waals surface area contributed by atoms with Gasteiger partial charge in [-0.25, -0.2) is 14.1 Å². The number of aromatic nitrogens is 3. The van der Waals surface area contributed by atoms with Gasteiger partial charge in [0.2, 0.25) is 0 Å². The number of carbonyl (C=O) groups is 1. The van der Waals surface area contributed by atoms with Gasteiger partial charge >= 0.3 is 0 Å². The monoisotopic (exact) mass is 430 g/mol. The number of ether oxygens (including phenoxy) is 1. The molecule has 0 aliphatic carbocycles. The van der Waals surface area contributed by atoms with Crippen LogP contribution in [0.4, 0.5) is 4.39 Å². The minimum Gasteiger partial charge on any atom is -0.376 e. The van der Waals surface area contributed by atoms with Crippen LogP contribution in [0.25, 0.3) is 27.8 Å². The number of hydrogen-bond acceptors (Lipinski definition) is 4. The molecular formula is C25H23FN4O2. The second-order valence-electron chi connectivity index (χ2n) is 7.95. The fourth-order valence-corrected chi connectivity index (χ4v) is 4.11. The lowest BCUT2D eigenvalue weighted by Crippen LogP contribution is -2.32. The van der Waals surface area contributed by atoms with Crippen LogP contribution in [0.5, 0.6) is 0 Å². The average Bonchev–Trinajstić information content (AvgIpc) is 3.47. The first-order chi connectivity index (χ1) is 15.6. The van der Waals surface area contributed by atoms with Gasteiger partial charge in [-0.2, -0.15) is 5.10 Å². The van der Waals surface area contributed by atoms with E-state index in [0.717, 1.165) is 47.3 Å². The standard InChI is InChI=1S/C25H23FN4O2/c1-16-22(15-28-30(16)18-10-8-17(26)9-11-18)24-13-21(20-6-2-3-7-23(20)29-24)25(31)27-14-19-5-4-12-32-19/h2-3,6-11,13,15,19H,4-5,12,14H2,1H3,(H,27,31). The molecule has 4 aromatic rings. The van der Waals surface area contributed by atoms with Crippen molar-refractivity contribution in [3.05, 3.63) is 77.9 Å². The van der Waals surface area contributed by atoms with Crippen molar-refractivity contribution >= 4 is 16.8 Å². The van der Waals surface area contributed by atoms with Crippen LogP contribution in [-0.4, -0.2) is 39.9 Å². The van der Waals surface area contributed by atoms with E-state index in [-0.39, 0.29) is 17.8 Å². The van der Waals surface area contributed by atoms with Gasteiger partial charge in [-0.15, -0.1) is 0 Å². The molecule has 6 nitrogen and oxygen atoms in total. The van der Waals surface area contributed by atoms with Gasteiger partial charge in [0, 0.05) is 24.1 Å². The summed E-state index contributed by atoms with van der Waals surface area (Å²) >= 11 is 0. The summed E-state index contributed by atoms with van der Waals surface area (Å²) in [5.74, 6) is -0.447. The fourth-order valence-electron chi connectivity index (χ4n) is 4.11. The zero-order chi connectivity index (χ0) is 22.1. The molecule has 1 aliphatic heterocycles. The number of para-hydroxylation sites is 1. The number of rotatable bonds is 5. The Morgan fingerprint density at radius 2 is 2.03 bits per heavy atom. The first-order valence-corrected chi connectivity index (χ1v) is 10.7. The first kappa shape index (κ1) is 20.3. The van der Waals surface area contributed by atoms with Gasteiger partial charge in [0.05, 0.1) is 40.5 Å². The summed E-state index contributed by atoms with van der Waals surface area (Å²) in [6.45, 7) is 3.17. The molecule has 1 amide bonds.